The quantitative estimate of drug-likeness (QED) is 0.121. The molecule has 33 heavy (non-hydrogen) atoms. The largest absolute Gasteiger partial charge is 0.416 e. The first kappa shape index (κ1) is 22.3. The fraction of sp³-hybridized carbons (Fsp3) is 0.0909. The summed E-state index contributed by atoms with van der Waals surface area (Å²) in [6.07, 6.45) is -4.76. The number of benzene rings is 3. The molecule has 0 saturated carbocycles. The fourth-order valence-electron chi connectivity index (χ4n) is 2.97. The number of nitro benzene ring substituents is 1. The van der Waals surface area contributed by atoms with Gasteiger partial charge in [-0.05, 0) is 42.0 Å². The summed E-state index contributed by atoms with van der Waals surface area (Å²) in [5, 5.41) is 11.9. The van der Waals surface area contributed by atoms with Crippen molar-refractivity contribution in [3.8, 4) is 5.75 Å². The second kappa shape index (κ2) is 8.94. The van der Waals surface area contributed by atoms with Crippen LogP contribution in [0.5, 0.6) is 5.75 Å². The summed E-state index contributed by atoms with van der Waals surface area (Å²) in [6.45, 7) is 0. The molecule has 4 rings (SSSR count). The maximum absolute atomic E-state index is 12.8. The van der Waals surface area contributed by atoms with E-state index in [0.717, 1.165) is 27.8 Å². The van der Waals surface area contributed by atoms with Crippen LogP contribution < -0.4 is 4.74 Å². The molecule has 0 bridgehead atoms. The number of carbonyl (C=O) groups excluding carboxylic acids is 1. The van der Waals surface area contributed by atoms with Gasteiger partial charge in [0.2, 0.25) is 5.75 Å². The van der Waals surface area contributed by atoms with Crippen LogP contribution in [0.4, 0.5) is 18.9 Å². The summed E-state index contributed by atoms with van der Waals surface area (Å²) in [6, 6.07) is 15.7. The molecule has 0 aliphatic carbocycles. The Balaban J connectivity index is 1.43. The second-order valence-corrected chi connectivity index (χ2v) is 7.84. The summed E-state index contributed by atoms with van der Waals surface area (Å²) in [7, 11) is 0. The molecule has 1 aromatic heterocycles. The van der Waals surface area contributed by atoms with Crippen molar-refractivity contribution in [1.29, 1.82) is 0 Å². The normalized spacial score (nSPS) is 11.5. The van der Waals surface area contributed by atoms with Gasteiger partial charge in [0.1, 0.15) is 0 Å². The van der Waals surface area contributed by atoms with E-state index in [1.54, 1.807) is 12.1 Å². The van der Waals surface area contributed by atoms with Crippen LogP contribution in [-0.4, -0.2) is 20.9 Å². The lowest BCUT2D eigenvalue weighted by molar-refractivity contribution is -0.385. The van der Waals surface area contributed by atoms with E-state index in [9.17, 15) is 28.1 Å². The van der Waals surface area contributed by atoms with E-state index in [1.165, 1.54) is 23.9 Å². The Morgan fingerprint density at radius 1 is 1.09 bits per heavy atom. The third kappa shape index (κ3) is 5.14. The predicted molar refractivity (Wildman–Crippen MR) is 115 cm³/mol. The number of aromatic nitrogens is 2. The molecular formula is C22H14F3N3O4S. The number of carbonyl (C=O) groups is 1. The highest BCUT2D eigenvalue weighted by Gasteiger charge is 2.33. The summed E-state index contributed by atoms with van der Waals surface area (Å²) in [4.78, 5) is 30.2. The molecule has 4 aromatic rings. The minimum Gasteiger partial charge on any atom is -0.416 e. The average molecular weight is 473 g/mol. The number of aromatic amines is 1. The molecule has 11 heteroatoms. The Bertz CT molecular complexity index is 1300. The van der Waals surface area contributed by atoms with Gasteiger partial charge in [0.15, 0.2) is 5.16 Å². The highest BCUT2D eigenvalue weighted by Crippen LogP contribution is 2.36. The minimum absolute atomic E-state index is 0.0988. The van der Waals surface area contributed by atoms with Gasteiger partial charge in [-0.2, -0.15) is 13.2 Å². The number of imidazole rings is 1. The number of nitrogens with zero attached hydrogens (tertiary/aromatic N) is 2. The zero-order valence-electron chi connectivity index (χ0n) is 16.6. The Labute approximate surface area is 188 Å². The van der Waals surface area contributed by atoms with Gasteiger partial charge < -0.3 is 9.72 Å². The van der Waals surface area contributed by atoms with Crippen LogP contribution in [0, 0.1) is 10.1 Å². The molecule has 0 unspecified atom stereocenters. The van der Waals surface area contributed by atoms with Crippen molar-refractivity contribution in [2.24, 2.45) is 0 Å². The number of para-hydroxylation sites is 2. The van der Waals surface area contributed by atoms with Crippen LogP contribution in [0.2, 0.25) is 0 Å². The van der Waals surface area contributed by atoms with Crippen molar-refractivity contribution in [2.75, 3.05) is 0 Å². The third-order valence-electron chi connectivity index (χ3n) is 4.62. The van der Waals surface area contributed by atoms with Crippen molar-refractivity contribution < 1.29 is 27.6 Å². The molecule has 1 N–H and O–H groups in total. The summed E-state index contributed by atoms with van der Waals surface area (Å²) in [5.41, 5.74) is 0.613. The Morgan fingerprint density at radius 3 is 2.48 bits per heavy atom. The zero-order chi connectivity index (χ0) is 23.6. The summed E-state index contributed by atoms with van der Waals surface area (Å²) < 4.78 is 43.4. The first-order valence-corrected chi connectivity index (χ1v) is 10.4. The topological polar surface area (TPSA) is 98.1 Å². The van der Waals surface area contributed by atoms with Gasteiger partial charge in [0, 0.05) is 11.8 Å². The first-order valence-electron chi connectivity index (χ1n) is 9.45. The molecule has 3 aromatic carbocycles. The molecule has 0 spiro atoms. The van der Waals surface area contributed by atoms with E-state index >= 15 is 0 Å². The molecule has 0 aliphatic heterocycles. The number of H-pyrrole nitrogens is 1. The van der Waals surface area contributed by atoms with Crippen molar-refractivity contribution in [1.82, 2.24) is 9.97 Å². The SMILES string of the molecule is O=C(Oc1ccc(C(F)(F)F)cc1[N+](=O)[O-])c1ccc(CSc2nc3ccccc3[nH]2)cc1. The van der Waals surface area contributed by atoms with Crippen LogP contribution >= 0.6 is 11.8 Å². The predicted octanol–water partition coefficient (Wildman–Crippen LogP) is 6.00. The number of hydrogen-bond donors (Lipinski definition) is 1. The van der Waals surface area contributed by atoms with E-state index in [1.807, 2.05) is 24.3 Å². The fourth-order valence-corrected chi connectivity index (χ4v) is 3.81. The summed E-state index contributed by atoms with van der Waals surface area (Å²) >= 11 is 1.47. The number of esters is 1. The van der Waals surface area contributed by atoms with E-state index < -0.39 is 34.1 Å². The number of ether oxygens (including phenoxy) is 1. The van der Waals surface area contributed by atoms with Crippen LogP contribution in [0.3, 0.4) is 0 Å². The maximum atomic E-state index is 12.8. The van der Waals surface area contributed by atoms with Gasteiger partial charge in [-0.25, -0.2) is 9.78 Å². The standard InChI is InChI=1S/C22H14F3N3O4S/c23-22(24,25)15-9-10-19(18(11-15)28(30)31)32-20(29)14-7-5-13(6-8-14)12-33-21-26-16-3-1-2-4-17(16)27-21/h1-11H,12H2,(H,26,27). The molecule has 7 nitrogen and oxygen atoms in total. The number of rotatable bonds is 6. The van der Waals surface area contributed by atoms with Gasteiger partial charge in [-0.1, -0.05) is 36.0 Å². The lowest BCUT2D eigenvalue weighted by Gasteiger charge is -2.09. The van der Waals surface area contributed by atoms with Gasteiger partial charge in [-0.3, -0.25) is 10.1 Å². The van der Waals surface area contributed by atoms with E-state index in [0.29, 0.717) is 17.9 Å². The molecule has 0 saturated heterocycles. The lowest BCUT2D eigenvalue weighted by atomic mass is 10.1. The van der Waals surface area contributed by atoms with Gasteiger partial charge in [0.25, 0.3) is 0 Å². The molecule has 0 radical (unpaired) electrons. The van der Waals surface area contributed by atoms with E-state index in [4.69, 9.17) is 4.74 Å². The first-order chi connectivity index (χ1) is 15.7. The second-order valence-electron chi connectivity index (χ2n) is 6.87. The summed E-state index contributed by atoms with van der Waals surface area (Å²) in [5.74, 6) is -0.920. The van der Waals surface area contributed by atoms with E-state index in [-0.39, 0.29) is 5.56 Å². The monoisotopic (exact) mass is 473 g/mol. The molecule has 168 valence electrons. The number of alkyl halides is 3. The zero-order valence-corrected chi connectivity index (χ0v) is 17.4. The Morgan fingerprint density at radius 2 is 1.82 bits per heavy atom. The van der Waals surface area contributed by atoms with Crippen molar-refractivity contribution in [3.05, 3.63) is 93.5 Å². The van der Waals surface area contributed by atoms with Gasteiger partial charge in [0.05, 0.1) is 27.1 Å². The number of nitrogens with one attached hydrogen (secondary N) is 1. The number of hydrogen-bond acceptors (Lipinski definition) is 6. The van der Waals surface area contributed by atoms with Crippen LogP contribution in [0.25, 0.3) is 11.0 Å². The third-order valence-corrected chi connectivity index (χ3v) is 5.56. The highest BCUT2D eigenvalue weighted by molar-refractivity contribution is 7.98. The number of halogens is 3. The van der Waals surface area contributed by atoms with Gasteiger partial charge in [-0.15, -0.1) is 0 Å². The lowest BCUT2D eigenvalue weighted by Crippen LogP contribution is -2.11. The van der Waals surface area contributed by atoms with Crippen LogP contribution in [0.15, 0.2) is 71.9 Å². The van der Waals surface area contributed by atoms with Gasteiger partial charge >= 0.3 is 17.8 Å². The molecule has 0 atom stereocenters. The molecular weight excluding hydrogens is 459 g/mol. The minimum atomic E-state index is -4.76. The van der Waals surface area contributed by atoms with E-state index in [2.05, 4.69) is 9.97 Å². The highest BCUT2D eigenvalue weighted by atomic mass is 32.2. The smallest absolute Gasteiger partial charge is 0.416 e. The van der Waals surface area contributed by atoms with Crippen molar-refractivity contribution in [3.63, 3.8) is 0 Å². The molecule has 0 aliphatic rings. The maximum Gasteiger partial charge on any atom is 0.416 e. The van der Waals surface area contributed by atoms with Crippen molar-refractivity contribution in [2.45, 2.75) is 17.1 Å². The average Bonchev–Trinajstić information content (AvgIpc) is 3.20. The van der Waals surface area contributed by atoms with Crippen molar-refractivity contribution >= 4 is 34.5 Å². The molecule has 0 fully saturated rings. The Hall–Kier alpha value is -3.86. The Kier molecular flexibility index (Phi) is 6.05. The number of nitro groups is 1. The molecule has 1 heterocycles. The van der Waals surface area contributed by atoms with Crippen LogP contribution in [0.1, 0.15) is 21.5 Å². The van der Waals surface area contributed by atoms with Crippen LogP contribution in [-0.2, 0) is 11.9 Å². The molecule has 0 amide bonds. The number of thioether (sulfide) groups is 1. The number of fused-ring (bicyclic) bond motifs is 1.